The van der Waals surface area contributed by atoms with Gasteiger partial charge in [0.25, 0.3) is 0 Å². The van der Waals surface area contributed by atoms with Crippen LogP contribution in [-0.2, 0) is 23.7 Å². The third kappa shape index (κ3) is 7.63. The highest BCUT2D eigenvalue weighted by atomic mass is 16.7. The Morgan fingerprint density at radius 3 is 1.51 bits per heavy atom. The molecule has 0 aliphatic carbocycles. The predicted molar refractivity (Wildman–Crippen MR) is 163 cm³/mol. The Labute approximate surface area is 260 Å². The molecule has 9 heteroatoms. The van der Waals surface area contributed by atoms with Crippen LogP contribution in [0.3, 0.4) is 0 Å². The molecule has 9 nitrogen and oxygen atoms in total. The number of esters is 4. The van der Waals surface area contributed by atoms with Crippen molar-refractivity contribution in [2.75, 3.05) is 13.2 Å². The molecule has 0 saturated carbocycles. The monoisotopic (exact) mass is 608 g/mol. The highest BCUT2D eigenvalue weighted by molar-refractivity contribution is 5.91. The van der Waals surface area contributed by atoms with Crippen molar-refractivity contribution in [1.29, 1.82) is 0 Å². The number of benzene rings is 4. The van der Waals surface area contributed by atoms with Crippen LogP contribution in [0, 0.1) is 0 Å². The van der Waals surface area contributed by atoms with Gasteiger partial charge in [0.05, 0.1) is 28.9 Å². The maximum atomic E-state index is 13.4. The van der Waals surface area contributed by atoms with Crippen LogP contribution < -0.4 is 0 Å². The summed E-state index contributed by atoms with van der Waals surface area (Å²) < 4.78 is 29.5. The third-order valence-corrected chi connectivity index (χ3v) is 7.46. The molecule has 4 aromatic rings. The van der Waals surface area contributed by atoms with Crippen LogP contribution in [0.1, 0.15) is 54.8 Å². The zero-order valence-corrected chi connectivity index (χ0v) is 24.6. The molecule has 1 aliphatic rings. The molecule has 1 saturated heterocycles. The maximum Gasteiger partial charge on any atom is 0.338 e. The van der Waals surface area contributed by atoms with E-state index in [1.54, 1.807) is 128 Å². The van der Waals surface area contributed by atoms with Gasteiger partial charge in [-0.25, -0.2) is 19.2 Å². The van der Waals surface area contributed by atoms with Gasteiger partial charge < -0.3 is 23.7 Å². The number of hydrogen-bond acceptors (Lipinski definition) is 9. The minimum Gasteiger partial charge on any atom is -0.462 e. The SMILES string of the molecule is CC1(OC(=O)c2ccccc2)C(CCOC(=O)c2ccccc2)OC(COC(=O)c2ccccc2)C1OC(=O)c1ccccc1. The summed E-state index contributed by atoms with van der Waals surface area (Å²) in [6, 6.07) is 33.6. The Morgan fingerprint density at radius 2 is 1.02 bits per heavy atom. The van der Waals surface area contributed by atoms with E-state index in [0.717, 1.165) is 0 Å². The Morgan fingerprint density at radius 1 is 0.600 bits per heavy atom. The standard InChI is InChI=1S/C36H32O9/c1-36(45-35(40)28-20-12-5-13-21-28)30(22-23-41-32(37)25-14-6-2-7-15-25)43-29(24-42-33(38)26-16-8-3-9-17-26)31(36)44-34(39)27-18-10-4-11-19-27/h2-21,29-31H,22-24H2,1H3. The van der Waals surface area contributed by atoms with Gasteiger partial charge in [-0.1, -0.05) is 72.8 Å². The Bertz CT molecular complexity index is 1590. The first kappa shape index (κ1) is 31.2. The van der Waals surface area contributed by atoms with Gasteiger partial charge in [-0.15, -0.1) is 0 Å². The van der Waals surface area contributed by atoms with E-state index in [1.807, 2.05) is 0 Å². The molecule has 230 valence electrons. The summed E-state index contributed by atoms with van der Waals surface area (Å²) in [6.45, 7) is 1.20. The van der Waals surface area contributed by atoms with E-state index < -0.39 is 47.8 Å². The van der Waals surface area contributed by atoms with Crippen LogP contribution in [0.25, 0.3) is 0 Å². The summed E-state index contributed by atoms with van der Waals surface area (Å²) in [6.07, 6.45) is -3.05. The average Bonchev–Trinajstić information content (AvgIpc) is 3.34. The minimum atomic E-state index is -1.57. The zero-order valence-electron chi connectivity index (χ0n) is 24.6. The van der Waals surface area contributed by atoms with E-state index in [1.165, 1.54) is 0 Å². The lowest BCUT2D eigenvalue weighted by Crippen LogP contribution is -2.52. The van der Waals surface area contributed by atoms with E-state index >= 15 is 0 Å². The number of carbonyl (C=O) groups excluding carboxylic acids is 4. The van der Waals surface area contributed by atoms with Crippen LogP contribution in [-0.4, -0.2) is 61.0 Å². The molecule has 0 aromatic heterocycles. The van der Waals surface area contributed by atoms with Gasteiger partial charge in [0, 0.05) is 6.42 Å². The van der Waals surface area contributed by atoms with Crippen molar-refractivity contribution in [3.63, 3.8) is 0 Å². The molecule has 1 aliphatic heterocycles. The van der Waals surface area contributed by atoms with Crippen molar-refractivity contribution in [1.82, 2.24) is 0 Å². The summed E-state index contributed by atoms with van der Waals surface area (Å²) in [5.41, 5.74) is -0.311. The van der Waals surface area contributed by atoms with Crippen LogP contribution in [0.15, 0.2) is 121 Å². The van der Waals surface area contributed by atoms with Gasteiger partial charge >= 0.3 is 23.9 Å². The van der Waals surface area contributed by atoms with Crippen molar-refractivity contribution in [3.05, 3.63) is 144 Å². The number of rotatable bonds is 11. The molecule has 4 atom stereocenters. The first-order valence-corrected chi connectivity index (χ1v) is 14.5. The Kier molecular flexibility index (Phi) is 10.0. The summed E-state index contributed by atoms with van der Waals surface area (Å²) in [5, 5.41) is 0. The van der Waals surface area contributed by atoms with Gasteiger partial charge in [0.2, 0.25) is 0 Å². The summed E-state index contributed by atoms with van der Waals surface area (Å²) in [5.74, 6) is -2.48. The summed E-state index contributed by atoms with van der Waals surface area (Å²) in [7, 11) is 0. The molecule has 4 unspecified atom stereocenters. The Hall–Kier alpha value is -5.28. The molecule has 1 heterocycles. The highest BCUT2D eigenvalue weighted by Crippen LogP contribution is 2.39. The normalized spacial score (nSPS) is 20.5. The van der Waals surface area contributed by atoms with Crippen LogP contribution in [0.2, 0.25) is 0 Å². The van der Waals surface area contributed by atoms with Gasteiger partial charge in [-0.2, -0.15) is 0 Å². The fourth-order valence-corrected chi connectivity index (χ4v) is 5.09. The highest BCUT2D eigenvalue weighted by Gasteiger charge is 2.59. The van der Waals surface area contributed by atoms with Gasteiger partial charge in [0.1, 0.15) is 18.8 Å². The lowest BCUT2D eigenvalue weighted by atomic mass is 9.90. The molecule has 4 aromatic carbocycles. The van der Waals surface area contributed by atoms with Crippen LogP contribution in [0.4, 0.5) is 0 Å². The molecule has 0 spiro atoms. The number of carbonyl (C=O) groups is 4. The number of hydrogen-bond donors (Lipinski definition) is 0. The lowest BCUT2D eigenvalue weighted by molar-refractivity contribution is -0.0914. The molecule has 5 rings (SSSR count). The molecule has 0 bridgehead atoms. The second kappa shape index (κ2) is 14.5. The van der Waals surface area contributed by atoms with E-state index in [4.69, 9.17) is 23.7 Å². The first-order valence-electron chi connectivity index (χ1n) is 14.5. The fraction of sp³-hybridized carbons (Fsp3) is 0.222. The second-order valence-corrected chi connectivity index (χ2v) is 10.5. The molecular weight excluding hydrogens is 576 g/mol. The van der Waals surface area contributed by atoms with Crippen LogP contribution >= 0.6 is 0 Å². The second-order valence-electron chi connectivity index (χ2n) is 10.5. The minimum absolute atomic E-state index is 0.0830. The molecule has 0 radical (unpaired) electrons. The fourth-order valence-electron chi connectivity index (χ4n) is 5.09. The molecule has 0 amide bonds. The molecule has 1 fully saturated rings. The van der Waals surface area contributed by atoms with Crippen molar-refractivity contribution in [3.8, 4) is 0 Å². The van der Waals surface area contributed by atoms with Crippen molar-refractivity contribution in [2.24, 2.45) is 0 Å². The maximum absolute atomic E-state index is 13.4. The van der Waals surface area contributed by atoms with E-state index in [2.05, 4.69) is 0 Å². The van der Waals surface area contributed by atoms with Gasteiger partial charge in [0.15, 0.2) is 11.7 Å². The topological polar surface area (TPSA) is 114 Å². The van der Waals surface area contributed by atoms with E-state index in [-0.39, 0.29) is 30.8 Å². The van der Waals surface area contributed by atoms with E-state index in [0.29, 0.717) is 11.1 Å². The summed E-state index contributed by atoms with van der Waals surface area (Å²) in [4.78, 5) is 52.1. The largest absolute Gasteiger partial charge is 0.462 e. The lowest BCUT2D eigenvalue weighted by Gasteiger charge is -2.34. The quantitative estimate of drug-likeness (QED) is 0.156. The molecule has 0 N–H and O–H groups in total. The first-order chi connectivity index (χ1) is 21.8. The van der Waals surface area contributed by atoms with Crippen molar-refractivity contribution < 1.29 is 42.9 Å². The van der Waals surface area contributed by atoms with Gasteiger partial charge in [-0.05, 0) is 55.5 Å². The predicted octanol–water partition coefficient (Wildman–Crippen LogP) is 5.70. The Balaban J connectivity index is 1.41. The molecular formula is C36H32O9. The third-order valence-electron chi connectivity index (χ3n) is 7.46. The van der Waals surface area contributed by atoms with Crippen molar-refractivity contribution >= 4 is 23.9 Å². The average molecular weight is 609 g/mol. The summed E-state index contributed by atoms with van der Waals surface area (Å²) >= 11 is 0. The molecule has 45 heavy (non-hydrogen) atoms. The number of ether oxygens (including phenoxy) is 5. The van der Waals surface area contributed by atoms with Crippen LogP contribution in [0.5, 0.6) is 0 Å². The smallest absolute Gasteiger partial charge is 0.338 e. The van der Waals surface area contributed by atoms with E-state index in [9.17, 15) is 19.2 Å². The zero-order chi connectivity index (χ0) is 31.6. The van der Waals surface area contributed by atoms with Crippen molar-refractivity contribution in [2.45, 2.75) is 37.3 Å². The van der Waals surface area contributed by atoms with Gasteiger partial charge in [-0.3, -0.25) is 0 Å².